The lowest BCUT2D eigenvalue weighted by Gasteiger charge is -2.14. The van der Waals surface area contributed by atoms with Gasteiger partial charge in [-0.1, -0.05) is 11.8 Å². The van der Waals surface area contributed by atoms with Crippen LogP contribution in [0.1, 0.15) is 11.4 Å². The molecule has 1 aromatic carbocycles. The van der Waals surface area contributed by atoms with Crippen molar-refractivity contribution in [2.45, 2.75) is 17.8 Å². The number of nitrogens with one attached hydrogen (secondary N) is 1. The van der Waals surface area contributed by atoms with E-state index >= 15 is 0 Å². The molecule has 0 fully saturated rings. The lowest BCUT2D eigenvalue weighted by atomic mass is 10.2. The first kappa shape index (κ1) is 19.2. The van der Waals surface area contributed by atoms with Gasteiger partial charge in [0, 0.05) is 18.8 Å². The summed E-state index contributed by atoms with van der Waals surface area (Å²) >= 11 is 2.84. The number of pyridine rings is 1. The third-order valence-corrected chi connectivity index (χ3v) is 6.30. The lowest BCUT2D eigenvalue weighted by Crippen LogP contribution is -2.27. The first-order chi connectivity index (χ1) is 12.9. The van der Waals surface area contributed by atoms with E-state index in [2.05, 4.69) is 10.3 Å². The topological polar surface area (TPSA) is 93.5 Å². The number of thiazole rings is 1. The summed E-state index contributed by atoms with van der Waals surface area (Å²) in [6, 6.07) is 7.01. The van der Waals surface area contributed by atoms with E-state index in [0.29, 0.717) is 11.4 Å². The summed E-state index contributed by atoms with van der Waals surface area (Å²) in [4.78, 5) is 28.3. The fraction of sp³-hybridized carbons (Fsp3) is 0.278. The maximum atomic E-state index is 12.2. The Balaban J connectivity index is 1.61. The Kier molecular flexibility index (Phi) is 5.71. The number of hydrogen-bond donors (Lipinski definition) is 2. The van der Waals surface area contributed by atoms with E-state index in [1.807, 2.05) is 18.2 Å². The number of carbonyl (C=O) groups is 1. The smallest absolute Gasteiger partial charge is 0.230 e. The first-order valence-electron chi connectivity index (χ1n) is 8.11. The number of fused-ring (bicyclic) bond motifs is 1. The summed E-state index contributed by atoms with van der Waals surface area (Å²) in [6.07, 6.45) is 0. The van der Waals surface area contributed by atoms with Gasteiger partial charge in [-0.15, -0.1) is 11.3 Å². The third kappa shape index (κ3) is 4.25. The van der Waals surface area contributed by atoms with Crippen LogP contribution in [0, 0.1) is 6.92 Å². The van der Waals surface area contributed by atoms with E-state index in [0.717, 1.165) is 20.3 Å². The van der Waals surface area contributed by atoms with Gasteiger partial charge in [-0.05, 0) is 25.1 Å². The van der Waals surface area contributed by atoms with Crippen molar-refractivity contribution in [2.24, 2.45) is 7.05 Å². The summed E-state index contributed by atoms with van der Waals surface area (Å²) in [7, 11) is 3.35. The van der Waals surface area contributed by atoms with E-state index in [-0.39, 0.29) is 24.0 Å². The van der Waals surface area contributed by atoms with E-state index in [9.17, 15) is 14.7 Å². The number of thioether (sulfide) groups is 1. The number of hydrogen-bond acceptors (Lipinski definition) is 7. The van der Waals surface area contributed by atoms with Gasteiger partial charge >= 0.3 is 0 Å². The molecule has 9 heteroatoms. The number of benzene rings is 1. The Morgan fingerprint density at radius 3 is 2.93 bits per heavy atom. The highest BCUT2D eigenvalue weighted by Gasteiger charge is 2.13. The molecule has 0 saturated carbocycles. The highest BCUT2D eigenvalue weighted by molar-refractivity contribution is 8.01. The third-order valence-electron chi connectivity index (χ3n) is 4.14. The molecule has 1 amide bonds. The quantitative estimate of drug-likeness (QED) is 0.612. The van der Waals surface area contributed by atoms with Gasteiger partial charge in [0.2, 0.25) is 11.3 Å². The summed E-state index contributed by atoms with van der Waals surface area (Å²) in [5.41, 5.74) is 1.50. The molecule has 0 unspecified atom stereocenters. The number of nitrogens with zero attached hydrogens (tertiary/aromatic N) is 2. The van der Waals surface area contributed by atoms with Crippen molar-refractivity contribution >= 4 is 39.2 Å². The highest BCUT2D eigenvalue weighted by atomic mass is 32.2. The van der Waals surface area contributed by atoms with Crippen LogP contribution < -0.4 is 15.5 Å². The van der Waals surface area contributed by atoms with Crippen LogP contribution in [-0.2, 0) is 18.4 Å². The fourth-order valence-electron chi connectivity index (χ4n) is 2.50. The largest absolute Gasteiger partial charge is 0.503 e. The summed E-state index contributed by atoms with van der Waals surface area (Å²) < 4.78 is 8.68. The van der Waals surface area contributed by atoms with Crippen LogP contribution in [0.25, 0.3) is 10.2 Å². The van der Waals surface area contributed by atoms with Crippen LogP contribution in [0.5, 0.6) is 11.5 Å². The molecule has 27 heavy (non-hydrogen) atoms. The van der Waals surface area contributed by atoms with Crippen molar-refractivity contribution in [1.82, 2.24) is 14.9 Å². The fourth-order valence-corrected chi connectivity index (χ4v) is 4.43. The second-order valence-electron chi connectivity index (χ2n) is 5.88. The van der Waals surface area contributed by atoms with Crippen molar-refractivity contribution in [3.05, 3.63) is 45.9 Å². The Bertz CT molecular complexity index is 1060. The second kappa shape index (κ2) is 8.01. The van der Waals surface area contributed by atoms with Crippen LogP contribution in [0.3, 0.4) is 0 Å². The van der Waals surface area contributed by atoms with E-state index in [1.54, 1.807) is 25.6 Å². The molecule has 0 saturated heterocycles. The molecule has 0 aliphatic heterocycles. The number of rotatable bonds is 6. The summed E-state index contributed by atoms with van der Waals surface area (Å²) in [5, 5.41) is 12.7. The predicted molar refractivity (Wildman–Crippen MR) is 107 cm³/mol. The molecular weight excluding hydrogens is 386 g/mol. The average Bonchev–Trinajstić information content (AvgIpc) is 3.06. The standard InChI is InChI=1S/C18H19N3O4S2/c1-10-6-14(22)17(24)13(21(10)2)8-19-16(23)9-26-18-20-12-5-4-11(25-3)7-15(12)27-18/h4-7,24H,8-9H2,1-3H3,(H,19,23). The first-order valence-corrected chi connectivity index (χ1v) is 9.92. The Labute approximate surface area is 164 Å². The SMILES string of the molecule is COc1ccc2nc(SCC(=O)NCc3c(O)c(=O)cc(C)n3C)sc2c1. The van der Waals surface area contributed by atoms with Gasteiger partial charge in [-0.2, -0.15) is 0 Å². The van der Waals surface area contributed by atoms with Crippen LogP contribution in [0.2, 0.25) is 0 Å². The maximum absolute atomic E-state index is 12.2. The molecule has 0 radical (unpaired) electrons. The molecule has 2 heterocycles. The van der Waals surface area contributed by atoms with Crippen molar-refractivity contribution in [3.8, 4) is 11.5 Å². The molecule has 142 valence electrons. The van der Waals surface area contributed by atoms with Crippen LogP contribution in [-0.4, -0.2) is 33.4 Å². The van der Waals surface area contributed by atoms with Crippen LogP contribution in [0.4, 0.5) is 0 Å². The monoisotopic (exact) mass is 405 g/mol. The minimum absolute atomic E-state index is 0.0791. The van der Waals surface area contributed by atoms with Crippen molar-refractivity contribution in [3.63, 3.8) is 0 Å². The van der Waals surface area contributed by atoms with Crippen molar-refractivity contribution < 1.29 is 14.6 Å². The molecule has 2 aromatic heterocycles. The van der Waals surface area contributed by atoms with Gasteiger partial charge in [-0.3, -0.25) is 9.59 Å². The molecule has 0 bridgehead atoms. The summed E-state index contributed by atoms with van der Waals surface area (Å²) in [6.45, 7) is 1.85. The number of amides is 1. The van der Waals surface area contributed by atoms with Crippen LogP contribution >= 0.6 is 23.1 Å². The van der Waals surface area contributed by atoms with Gasteiger partial charge in [0.15, 0.2) is 10.1 Å². The van der Waals surface area contributed by atoms with Gasteiger partial charge in [0.25, 0.3) is 0 Å². The number of carbonyl (C=O) groups excluding carboxylic acids is 1. The second-order valence-corrected chi connectivity index (χ2v) is 8.14. The van der Waals surface area contributed by atoms with Crippen LogP contribution in [0.15, 0.2) is 33.4 Å². The number of aromatic hydroxyl groups is 1. The zero-order valence-electron chi connectivity index (χ0n) is 15.1. The molecule has 0 atom stereocenters. The Morgan fingerprint density at radius 1 is 1.41 bits per heavy atom. The number of aromatic nitrogens is 2. The maximum Gasteiger partial charge on any atom is 0.230 e. The molecule has 3 aromatic rings. The highest BCUT2D eigenvalue weighted by Crippen LogP contribution is 2.31. The molecular formula is C18H19N3O4S2. The Morgan fingerprint density at radius 2 is 2.19 bits per heavy atom. The number of ether oxygens (including phenoxy) is 1. The van der Waals surface area contributed by atoms with Gasteiger partial charge in [-0.25, -0.2) is 4.98 Å². The van der Waals surface area contributed by atoms with Crippen molar-refractivity contribution in [2.75, 3.05) is 12.9 Å². The average molecular weight is 406 g/mol. The van der Waals surface area contributed by atoms with Crippen molar-refractivity contribution in [1.29, 1.82) is 0 Å². The van der Waals surface area contributed by atoms with Gasteiger partial charge in [0.05, 0.1) is 35.3 Å². The molecule has 0 spiro atoms. The minimum Gasteiger partial charge on any atom is -0.503 e. The molecule has 0 aliphatic carbocycles. The lowest BCUT2D eigenvalue weighted by molar-refractivity contribution is -0.118. The molecule has 3 rings (SSSR count). The molecule has 7 nitrogen and oxygen atoms in total. The number of aryl methyl sites for hydroxylation is 1. The molecule has 2 N–H and O–H groups in total. The van der Waals surface area contributed by atoms with E-state index in [4.69, 9.17) is 4.74 Å². The minimum atomic E-state index is -0.450. The normalized spacial score (nSPS) is 10.9. The predicted octanol–water partition coefficient (Wildman–Crippen LogP) is 2.43. The van der Waals surface area contributed by atoms with E-state index < -0.39 is 5.43 Å². The Hall–Kier alpha value is -2.52. The zero-order valence-corrected chi connectivity index (χ0v) is 16.7. The molecule has 0 aliphatic rings. The van der Waals surface area contributed by atoms with Gasteiger partial charge < -0.3 is 19.7 Å². The zero-order chi connectivity index (χ0) is 19.6. The van der Waals surface area contributed by atoms with Gasteiger partial charge in [0.1, 0.15) is 5.75 Å². The van der Waals surface area contributed by atoms with E-state index in [1.165, 1.54) is 29.2 Å². The number of methoxy groups -OCH3 is 1. The summed E-state index contributed by atoms with van der Waals surface area (Å²) in [5.74, 6) is 0.419.